The number of amides is 3. The molecule has 0 unspecified atom stereocenters. The van der Waals surface area contributed by atoms with Crippen molar-refractivity contribution >= 4 is 35.4 Å². The van der Waals surface area contributed by atoms with Gasteiger partial charge in [-0.1, -0.05) is 44.2 Å². The molecular weight excluding hydrogens is 482 g/mol. The van der Waals surface area contributed by atoms with Crippen LogP contribution in [0.25, 0.3) is 0 Å². The smallest absolute Gasteiger partial charge is 0.376 e. The van der Waals surface area contributed by atoms with Crippen molar-refractivity contribution in [2.24, 2.45) is 5.92 Å². The molecule has 0 bridgehead atoms. The lowest BCUT2D eigenvalue weighted by Crippen LogP contribution is -2.57. The van der Waals surface area contributed by atoms with E-state index in [4.69, 9.17) is 0 Å². The third-order valence-corrected chi connectivity index (χ3v) is 6.17. The fourth-order valence-corrected chi connectivity index (χ4v) is 4.13. The third-order valence-electron chi connectivity index (χ3n) is 6.17. The molecule has 3 atom stereocenters. The fourth-order valence-electron chi connectivity index (χ4n) is 4.13. The van der Waals surface area contributed by atoms with Crippen LogP contribution in [0.3, 0.4) is 0 Å². The molecule has 1 aliphatic heterocycles. The van der Waals surface area contributed by atoms with Gasteiger partial charge in [-0.25, -0.2) is 4.79 Å². The molecule has 3 amide bonds. The first-order valence-corrected chi connectivity index (χ1v) is 12.2. The van der Waals surface area contributed by atoms with Gasteiger partial charge in [-0.2, -0.15) is 0 Å². The Balaban J connectivity index is 2.14. The minimum absolute atomic E-state index is 0.0754. The highest BCUT2D eigenvalue weighted by Crippen LogP contribution is 2.21. The van der Waals surface area contributed by atoms with E-state index in [-0.39, 0.29) is 25.2 Å². The van der Waals surface area contributed by atoms with Crippen LogP contribution in [-0.4, -0.2) is 79.2 Å². The molecule has 2 rings (SSSR count). The number of rotatable bonds is 12. The van der Waals surface area contributed by atoms with Crippen molar-refractivity contribution in [3.05, 3.63) is 35.9 Å². The Bertz CT molecular complexity index is 995. The number of ketones is 1. The molecule has 11 heteroatoms. The highest BCUT2D eigenvalue weighted by Gasteiger charge is 2.40. The summed E-state index contributed by atoms with van der Waals surface area (Å²) in [5.74, 6) is -4.27. The molecule has 0 saturated carbocycles. The predicted octanol–water partition coefficient (Wildman–Crippen LogP) is 0.541. The normalized spacial score (nSPS) is 16.5. The Hall–Kier alpha value is -3.76. The zero-order chi connectivity index (χ0) is 27.5. The molecule has 0 radical (unpaired) electrons. The van der Waals surface area contributed by atoms with E-state index in [1.165, 1.54) is 12.0 Å². The molecule has 1 aromatic rings. The van der Waals surface area contributed by atoms with E-state index in [2.05, 4.69) is 20.1 Å². The van der Waals surface area contributed by atoms with Gasteiger partial charge in [0.05, 0.1) is 20.6 Å². The van der Waals surface area contributed by atoms with Crippen LogP contribution in [0.5, 0.6) is 0 Å². The molecule has 1 aliphatic rings. The van der Waals surface area contributed by atoms with Crippen LogP contribution in [-0.2, 0) is 44.7 Å². The van der Waals surface area contributed by atoms with Gasteiger partial charge in [0.15, 0.2) is 0 Å². The van der Waals surface area contributed by atoms with Crippen LogP contribution in [0.2, 0.25) is 0 Å². The van der Waals surface area contributed by atoms with Crippen molar-refractivity contribution < 1.29 is 38.2 Å². The lowest BCUT2D eigenvalue weighted by Gasteiger charge is -2.31. The first kappa shape index (κ1) is 29.5. The number of ether oxygens (including phenoxy) is 2. The van der Waals surface area contributed by atoms with Crippen molar-refractivity contribution in [3.8, 4) is 0 Å². The number of methoxy groups -OCH3 is 2. The van der Waals surface area contributed by atoms with E-state index < -0.39 is 53.6 Å². The molecule has 1 aromatic carbocycles. The number of Topliss-reactive ketones (excluding diaryl/α,β-unsaturated/α-hetero) is 1. The van der Waals surface area contributed by atoms with Gasteiger partial charge in [0, 0.05) is 19.4 Å². The summed E-state index contributed by atoms with van der Waals surface area (Å²) in [5.41, 5.74) is 0.735. The first-order valence-electron chi connectivity index (χ1n) is 12.2. The molecule has 202 valence electrons. The summed E-state index contributed by atoms with van der Waals surface area (Å²) in [4.78, 5) is 76.3. The average Bonchev–Trinajstić information content (AvgIpc) is 3.39. The Morgan fingerprint density at radius 3 is 2.24 bits per heavy atom. The van der Waals surface area contributed by atoms with Crippen molar-refractivity contribution in [2.75, 3.05) is 20.8 Å². The number of nitrogens with one attached hydrogen (secondary N) is 2. The molecule has 1 fully saturated rings. The van der Waals surface area contributed by atoms with Crippen LogP contribution >= 0.6 is 0 Å². The second-order valence-corrected chi connectivity index (χ2v) is 9.16. The Morgan fingerprint density at radius 1 is 0.973 bits per heavy atom. The molecule has 0 aliphatic carbocycles. The second-order valence-electron chi connectivity index (χ2n) is 9.16. The highest BCUT2D eigenvalue weighted by molar-refractivity contribution is 6.36. The van der Waals surface area contributed by atoms with Crippen molar-refractivity contribution in [3.63, 3.8) is 0 Å². The Morgan fingerprint density at radius 2 is 1.65 bits per heavy atom. The first-order chi connectivity index (χ1) is 17.6. The van der Waals surface area contributed by atoms with Crippen LogP contribution < -0.4 is 10.6 Å². The average molecular weight is 518 g/mol. The van der Waals surface area contributed by atoms with Gasteiger partial charge >= 0.3 is 11.9 Å². The Kier molecular flexibility index (Phi) is 11.2. The summed E-state index contributed by atoms with van der Waals surface area (Å²) in [5, 5.41) is 5.29. The largest absolute Gasteiger partial charge is 0.469 e. The van der Waals surface area contributed by atoms with Crippen molar-refractivity contribution in [1.82, 2.24) is 15.5 Å². The topological polar surface area (TPSA) is 148 Å². The summed E-state index contributed by atoms with van der Waals surface area (Å²) in [6.45, 7) is 3.82. The van der Waals surface area contributed by atoms with E-state index in [1.54, 1.807) is 44.2 Å². The molecule has 2 N–H and O–H groups in total. The predicted molar refractivity (Wildman–Crippen MR) is 132 cm³/mol. The number of hydrogen-bond acceptors (Lipinski definition) is 8. The number of carbonyl (C=O) groups is 6. The van der Waals surface area contributed by atoms with Gasteiger partial charge in [-0.05, 0) is 24.3 Å². The summed E-state index contributed by atoms with van der Waals surface area (Å²) in [6, 6.07) is 5.95. The van der Waals surface area contributed by atoms with Crippen LogP contribution in [0.1, 0.15) is 45.1 Å². The Labute approximate surface area is 216 Å². The fraction of sp³-hybridized carbons (Fsp3) is 0.538. The number of hydrogen-bond donors (Lipinski definition) is 2. The van der Waals surface area contributed by atoms with Gasteiger partial charge < -0.3 is 25.0 Å². The van der Waals surface area contributed by atoms with E-state index >= 15 is 0 Å². The summed E-state index contributed by atoms with van der Waals surface area (Å²) in [6.07, 6.45) is 0.741. The van der Waals surface area contributed by atoms with E-state index in [0.29, 0.717) is 19.4 Å². The minimum Gasteiger partial charge on any atom is -0.469 e. The number of carbonyl (C=O) groups excluding carboxylic acids is 6. The zero-order valence-corrected chi connectivity index (χ0v) is 21.7. The van der Waals surface area contributed by atoms with Gasteiger partial charge in [-0.15, -0.1) is 0 Å². The lowest BCUT2D eigenvalue weighted by molar-refractivity contribution is -0.153. The standard InChI is InChI=1S/C26H35N3O8/c1-16(2)22(28-20(30)12-13-21(31)36-3)25(34)29-14-8-11-19(29)24(33)27-18(23(32)26(35)37-4)15-17-9-6-5-7-10-17/h5-7,9-10,16,18-19,22H,8,11-15H2,1-4H3,(H,27,33)(H,28,30)/t18-,19-,22-/m0/s1. The quantitative estimate of drug-likeness (QED) is 0.302. The van der Waals surface area contributed by atoms with E-state index in [0.717, 1.165) is 12.7 Å². The molecule has 0 aromatic heterocycles. The maximum atomic E-state index is 13.4. The molecule has 11 nitrogen and oxygen atoms in total. The van der Waals surface area contributed by atoms with Crippen molar-refractivity contribution in [1.29, 1.82) is 0 Å². The van der Waals surface area contributed by atoms with Gasteiger partial charge in [0.2, 0.25) is 17.7 Å². The maximum Gasteiger partial charge on any atom is 0.376 e. The maximum absolute atomic E-state index is 13.4. The van der Waals surface area contributed by atoms with Crippen LogP contribution in [0.15, 0.2) is 30.3 Å². The van der Waals surface area contributed by atoms with E-state index in [1.807, 2.05) is 0 Å². The summed E-state index contributed by atoms with van der Waals surface area (Å²) in [7, 11) is 2.31. The molecule has 37 heavy (non-hydrogen) atoms. The van der Waals surface area contributed by atoms with Gasteiger partial charge in [0.25, 0.3) is 5.78 Å². The van der Waals surface area contributed by atoms with Gasteiger partial charge in [-0.3, -0.25) is 24.0 Å². The SMILES string of the molecule is COC(=O)CCC(=O)N[C@H](C(=O)N1CCC[C@H]1C(=O)N[C@@H](Cc1ccccc1)C(=O)C(=O)OC)C(C)C. The van der Waals surface area contributed by atoms with Crippen LogP contribution in [0.4, 0.5) is 0 Å². The van der Waals surface area contributed by atoms with E-state index in [9.17, 15) is 28.8 Å². The molecule has 0 spiro atoms. The second kappa shape index (κ2) is 14.1. The number of likely N-dealkylation sites (tertiary alicyclic amines) is 1. The summed E-state index contributed by atoms with van der Waals surface area (Å²) >= 11 is 0. The van der Waals surface area contributed by atoms with Crippen LogP contribution in [0, 0.1) is 5.92 Å². The monoisotopic (exact) mass is 517 g/mol. The molecular formula is C26H35N3O8. The van der Waals surface area contributed by atoms with Gasteiger partial charge in [0.1, 0.15) is 18.1 Å². The number of nitrogens with zero attached hydrogens (tertiary/aromatic N) is 1. The minimum atomic E-state index is -1.17. The lowest BCUT2D eigenvalue weighted by atomic mass is 10.0. The highest BCUT2D eigenvalue weighted by atomic mass is 16.5. The number of esters is 2. The summed E-state index contributed by atoms with van der Waals surface area (Å²) < 4.78 is 9.10. The third kappa shape index (κ3) is 8.40. The zero-order valence-electron chi connectivity index (χ0n) is 21.7. The number of benzene rings is 1. The molecule has 1 saturated heterocycles. The molecule has 1 heterocycles. The van der Waals surface area contributed by atoms with Crippen molar-refractivity contribution in [2.45, 2.75) is 64.1 Å².